The molecule has 1 aromatic rings. The van der Waals surface area contributed by atoms with Gasteiger partial charge in [0, 0.05) is 23.5 Å². The third kappa shape index (κ3) is 3.96. The molecule has 19 heavy (non-hydrogen) atoms. The average molecular weight is 326 g/mol. The maximum Gasteiger partial charge on any atom is 0.410 e. The standard InChI is InChI=1S/C15H20BrNO2/c1-15(2,3)19-14(18)17-9-8-12(10-17)11-4-6-13(16)7-5-11/h4-7,12H,8-10H2,1-3H3/t12-/m0/s1. The largest absolute Gasteiger partial charge is 0.444 e. The van der Waals surface area contributed by atoms with E-state index in [9.17, 15) is 4.79 Å². The minimum absolute atomic E-state index is 0.202. The molecule has 1 saturated heterocycles. The van der Waals surface area contributed by atoms with Crippen LogP contribution in [0.15, 0.2) is 28.7 Å². The minimum atomic E-state index is -0.424. The summed E-state index contributed by atoms with van der Waals surface area (Å²) in [6.07, 6.45) is 0.799. The lowest BCUT2D eigenvalue weighted by atomic mass is 9.99. The highest BCUT2D eigenvalue weighted by molar-refractivity contribution is 9.10. The van der Waals surface area contributed by atoms with Gasteiger partial charge < -0.3 is 9.64 Å². The second-order valence-corrected chi connectivity index (χ2v) is 6.88. The fraction of sp³-hybridized carbons (Fsp3) is 0.533. The Morgan fingerprint density at radius 2 is 1.95 bits per heavy atom. The van der Waals surface area contributed by atoms with Crippen LogP contribution in [0.1, 0.15) is 38.7 Å². The normalized spacial score (nSPS) is 19.6. The van der Waals surface area contributed by atoms with E-state index in [0.29, 0.717) is 5.92 Å². The Morgan fingerprint density at radius 1 is 1.32 bits per heavy atom. The lowest BCUT2D eigenvalue weighted by Gasteiger charge is -2.24. The van der Waals surface area contributed by atoms with Gasteiger partial charge in [0.15, 0.2) is 0 Å². The molecule has 104 valence electrons. The van der Waals surface area contributed by atoms with Gasteiger partial charge in [-0.2, -0.15) is 0 Å². The van der Waals surface area contributed by atoms with Crippen LogP contribution in [0.25, 0.3) is 0 Å². The van der Waals surface area contributed by atoms with E-state index in [-0.39, 0.29) is 6.09 Å². The number of carbonyl (C=O) groups excluding carboxylic acids is 1. The van der Waals surface area contributed by atoms with Crippen LogP contribution in [0.2, 0.25) is 0 Å². The Labute approximate surface area is 123 Å². The molecule has 0 aliphatic carbocycles. The first kappa shape index (κ1) is 14.4. The van der Waals surface area contributed by atoms with Crippen LogP contribution in [-0.4, -0.2) is 29.7 Å². The van der Waals surface area contributed by atoms with Crippen molar-refractivity contribution in [2.45, 2.75) is 38.7 Å². The number of hydrogen-bond donors (Lipinski definition) is 0. The number of carbonyl (C=O) groups is 1. The van der Waals surface area contributed by atoms with Crippen molar-refractivity contribution in [3.8, 4) is 0 Å². The SMILES string of the molecule is CC(C)(C)OC(=O)N1CC[C@H](c2ccc(Br)cc2)C1. The smallest absolute Gasteiger partial charge is 0.410 e. The fourth-order valence-electron chi connectivity index (χ4n) is 2.26. The number of likely N-dealkylation sites (tertiary alicyclic amines) is 1. The molecule has 1 aliphatic heterocycles. The Hall–Kier alpha value is -1.03. The van der Waals surface area contributed by atoms with E-state index in [2.05, 4.69) is 28.1 Å². The number of ether oxygens (including phenoxy) is 1. The summed E-state index contributed by atoms with van der Waals surface area (Å²) in [5, 5.41) is 0. The van der Waals surface area contributed by atoms with Crippen LogP contribution in [0.3, 0.4) is 0 Å². The molecule has 0 radical (unpaired) electrons. The molecule has 4 heteroatoms. The first-order chi connectivity index (χ1) is 8.85. The number of rotatable bonds is 1. The zero-order valence-corrected chi connectivity index (χ0v) is 13.2. The van der Waals surface area contributed by atoms with Crippen LogP contribution in [0.5, 0.6) is 0 Å². The number of nitrogens with zero attached hydrogens (tertiary/aromatic N) is 1. The highest BCUT2D eigenvalue weighted by Gasteiger charge is 2.30. The highest BCUT2D eigenvalue weighted by atomic mass is 79.9. The van der Waals surface area contributed by atoms with Gasteiger partial charge >= 0.3 is 6.09 Å². The molecule has 0 spiro atoms. The molecule has 0 aromatic heterocycles. The molecule has 2 rings (SSSR count). The molecule has 1 amide bonds. The van der Waals surface area contributed by atoms with Gasteiger partial charge in [-0.25, -0.2) is 4.79 Å². The van der Waals surface area contributed by atoms with Gasteiger partial charge in [0.25, 0.3) is 0 Å². The summed E-state index contributed by atoms with van der Waals surface area (Å²) in [6, 6.07) is 8.33. The summed E-state index contributed by atoms with van der Waals surface area (Å²) in [6.45, 7) is 7.21. The Kier molecular flexibility index (Phi) is 4.19. The van der Waals surface area contributed by atoms with Crippen molar-refractivity contribution >= 4 is 22.0 Å². The molecule has 3 nitrogen and oxygen atoms in total. The van der Waals surface area contributed by atoms with E-state index < -0.39 is 5.60 Å². The summed E-state index contributed by atoms with van der Waals surface area (Å²) in [7, 11) is 0. The molecule has 0 bridgehead atoms. The summed E-state index contributed by atoms with van der Waals surface area (Å²) < 4.78 is 6.49. The van der Waals surface area contributed by atoms with Crippen molar-refractivity contribution in [2.24, 2.45) is 0 Å². The molecule has 0 saturated carbocycles. The van der Waals surface area contributed by atoms with E-state index in [1.54, 1.807) is 4.90 Å². The van der Waals surface area contributed by atoms with Crippen LogP contribution < -0.4 is 0 Å². The Morgan fingerprint density at radius 3 is 2.53 bits per heavy atom. The van der Waals surface area contributed by atoms with Crippen molar-refractivity contribution in [1.29, 1.82) is 0 Å². The highest BCUT2D eigenvalue weighted by Crippen LogP contribution is 2.29. The predicted molar refractivity (Wildman–Crippen MR) is 79.3 cm³/mol. The average Bonchev–Trinajstić information content (AvgIpc) is 2.77. The molecular formula is C15H20BrNO2. The lowest BCUT2D eigenvalue weighted by molar-refractivity contribution is 0.0292. The number of hydrogen-bond acceptors (Lipinski definition) is 2. The number of benzene rings is 1. The van der Waals surface area contributed by atoms with Crippen LogP contribution in [0.4, 0.5) is 4.79 Å². The van der Waals surface area contributed by atoms with Gasteiger partial charge in [0.1, 0.15) is 5.60 Å². The third-order valence-electron chi connectivity index (χ3n) is 3.18. The number of halogens is 1. The van der Waals surface area contributed by atoms with Gasteiger partial charge in [0.2, 0.25) is 0 Å². The monoisotopic (exact) mass is 325 g/mol. The first-order valence-corrected chi connectivity index (χ1v) is 7.38. The fourth-order valence-corrected chi connectivity index (χ4v) is 2.52. The summed E-state index contributed by atoms with van der Waals surface area (Å²) in [5.74, 6) is 0.417. The van der Waals surface area contributed by atoms with E-state index in [4.69, 9.17) is 4.74 Å². The van der Waals surface area contributed by atoms with Gasteiger partial charge in [-0.1, -0.05) is 28.1 Å². The second kappa shape index (κ2) is 5.53. The Balaban J connectivity index is 1.96. The quantitative estimate of drug-likeness (QED) is 0.775. The van der Waals surface area contributed by atoms with Gasteiger partial charge in [-0.3, -0.25) is 0 Å². The molecule has 1 fully saturated rings. The minimum Gasteiger partial charge on any atom is -0.444 e. The Bertz CT molecular complexity index is 450. The van der Waals surface area contributed by atoms with Crippen LogP contribution in [-0.2, 0) is 4.74 Å². The van der Waals surface area contributed by atoms with Gasteiger partial charge in [0.05, 0.1) is 0 Å². The zero-order chi connectivity index (χ0) is 14.0. The maximum absolute atomic E-state index is 12.0. The van der Waals surface area contributed by atoms with Crippen molar-refractivity contribution < 1.29 is 9.53 Å². The summed E-state index contributed by atoms with van der Waals surface area (Å²) in [5.41, 5.74) is 0.863. The third-order valence-corrected chi connectivity index (χ3v) is 3.71. The molecule has 1 aliphatic rings. The maximum atomic E-state index is 12.0. The van der Waals surface area contributed by atoms with Crippen molar-refractivity contribution in [1.82, 2.24) is 4.90 Å². The van der Waals surface area contributed by atoms with Crippen molar-refractivity contribution in [3.63, 3.8) is 0 Å². The molecule has 1 heterocycles. The topological polar surface area (TPSA) is 29.5 Å². The van der Waals surface area contributed by atoms with E-state index >= 15 is 0 Å². The summed E-state index contributed by atoms with van der Waals surface area (Å²) >= 11 is 3.44. The van der Waals surface area contributed by atoms with E-state index in [0.717, 1.165) is 24.0 Å². The van der Waals surface area contributed by atoms with Gasteiger partial charge in [-0.05, 0) is 44.9 Å². The van der Waals surface area contributed by atoms with Crippen LogP contribution in [0, 0.1) is 0 Å². The molecule has 0 N–H and O–H groups in total. The van der Waals surface area contributed by atoms with Crippen molar-refractivity contribution in [2.75, 3.05) is 13.1 Å². The van der Waals surface area contributed by atoms with Crippen molar-refractivity contribution in [3.05, 3.63) is 34.3 Å². The summed E-state index contributed by atoms with van der Waals surface area (Å²) in [4.78, 5) is 13.8. The van der Waals surface area contributed by atoms with E-state index in [1.165, 1.54) is 5.56 Å². The van der Waals surface area contributed by atoms with E-state index in [1.807, 2.05) is 32.9 Å². The molecule has 1 aromatic carbocycles. The zero-order valence-electron chi connectivity index (χ0n) is 11.6. The van der Waals surface area contributed by atoms with Gasteiger partial charge in [-0.15, -0.1) is 0 Å². The lowest BCUT2D eigenvalue weighted by Crippen LogP contribution is -2.35. The second-order valence-electron chi connectivity index (χ2n) is 5.96. The predicted octanol–water partition coefficient (Wildman–Crippen LogP) is 4.17. The van der Waals surface area contributed by atoms with Crippen LogP contribution >= 0.6 is 15.9 Å². The first-order valence-electron chi connectivity index (χ1n) is 6.58. The number of amides is 1. The molecule has 0 unspecified atom stereocenters. The molecular weight excluding hydrogens is 306 g/mol. The molecule has 1 atom stereocenters.